The minimum atomic E-state index is -0.449. The van der Waals surface area contributed by atoms with Crippen molar-refractivity contribution in [2.75, 3.05) is 11.6 Å². The maximum atomic E-state index is 12.1. The Hall–Kier alpha value is -2.17. The Morgan fingerprint density at radius 2 is 2.10 bits per heavy atom. The molecule has 106 valence electrons. The van der Waals surface area contributed by atoms with Crippen molar-refractivity contribution < 1.29 is 14.3 Å². The molecule has 1 heterocycles. The van der Waals surface area contributed by atoms with Crippen LogP contribution < -0.4 is 5.01 Å². The largest absolute Gasteiger partial charge is 0.461 e. The van der Waals surface area contributed by atoms with E-state index in [2.05, 4.69) is 5.10 Å². The van der Waals surface area contributed by atoms with Gasteiger partial charge in [0, 0.05) is 12.8 Å². The Morgan fingerprint density at radius 3 is 2.80 bits per heavy atom. The number of hydrazone groups is 1. The second kappa shape index (κ2) is 5.86. The van der Waals surface area contributed by atoms with E-state index >= 15 is 0 Å². The average molecular weight is 274 g/mol. The van der Waals surface area contributed by atoms with E-state index in [1.807, 2.05) is 32.0 Å². The van der Waals surface area contributed by atoms with Crippen LogP contribution in [-0.2, 0) is 14.3 Å². The van der Waals surface area contributed by atoms with E-state index in [9.17, 15) is 9.59 Å². The molecule has 0 aromatic heterocycles. The number of nitrogens with zero attached hydrogens (tertiary/aromatic N) is 2. The summed E-state index contributed by atoms with van der Waals surface area (Å²) in [6.45, 7) is 5.91. The molecule has 0 spiro atoms. The zero-order chi connectivity index (χ0) is 14.7. The van der Waals surface area contributed by atoms with Gasteiger partial charge in [0.1, 0.15) is 5.71 Å². The number of carbonyl (C=O) groups excluding carboxylic acids is 2. The van der Waals surface area contributed by atoms with Gasteiger partial charge in [-0.25, -0.2) is 4.79 Å². The van der Waals surface area contributed by atoms with Crippen LogP contribution in [0.4, 0.5) is 5.69 Å². The third-order valence-electron chi connectivity index (χ3n) is 3.14. The number of anilines is 1. The number of amides is 1. The Kier molecular flexibility index (Phi) is 4.17. The highest BCUT2D eigenvalue weighted by Gasteiger charge is 2.27. The molecule has 0 radical (unpaired) electrons. The molecular formula is C15H18N2O3. The number of rotatable bonds is 3. The van der Waals surface area contributed by atoms with Crippen molar-refractivity contribution in [3.63, 3.8) is 0 Å². The van der Waals surface area contributed by atoms with Gasteiger partial charge in [0.15, 0.2) is 0 Å². The molecule has 1 amide bonds. The minimum absolute atomic E-state index is 0.105. The van der Waals surface area contributed by atoms with Crippen LogP contribution in [0.1, 0.15) is 30.9 Å². The molecule has 0 N–H and O–H groups in total. The lowest BCUT2D eigenvalue weighted by atomic mass is 10.1. The maximum absolute atomic E-state index is 12.1. The summed E-state index contributed by atoms with van der Waals surface area (Å²) in [6.07, 6.45) is 0.601. The fourth-order valence-corrected chi connectivity index (χ4v) is 2.05. The van der Waals surface area contributed by atoms with Gasteiger partial charge in [-0.3, -0.25) is 4.79 Å². The predicted molar refractivity (Wildman–Crippen MR) is 76.7 cm³/mol. The van der Waals surface area contributed by atoms with E-state index in [4.69, 9.17) is 4.74 Å². The van der Waals surface area contributed by atoms with Crippen molar-refractivity contribution in [3.05, 3.63) is 29.3 Å². The topological polar surface area (TPSA) is 59.0 Å². The normalized spacial score (nSPS) is 15.1. The molecule has 0 saturated carbocycles. The van der Waals surface area contributed by atoms with E-state index in [1.54, 1.807) is 6.92 Å². The van der Waals surface area contributed by atoms with E-state index < -0.39 is 5.97 Å². The number of ether oxygens (including phenoxy) is 1. The molecule has 0 fully saturated rings. The highest BCUT2D eigenvalue weighted by molar-refractivity contribution is 6.38. The first-order valence-corrected chi connectivity index (χ1v) is 6.67. The van der Waals surface area contributed by atoms with Gasteiger partial charge >= 0.3 is 5.97 Å². The number of carbonyl (C=O) groups is 2. The van der Waals surface area contributed by atoms with Gasteiger partial charge in [-0.2, -0.15) is 10.1 Å². The van der Waals surface area contributed by atoms with Gasteiger partial charge in [-0.15, -0.1) is 0 Å². The first-order chi connectivity index (χ1) is 9.52. The first-order valence-electron chi connectivity index (χ1n) is 6.67. The van der Waals surface area contributed by atoms with Crippen molar-refractivity contribution in [1.82, 2.24) is 0 Å². The van der Waals surface area contributed by atoms with Gasteiger partial charge in [-0.05, 0) is 38.0 Å². The van der Waals surface area contributed by atoms with E-state index in [0.717, 1.165) is 16.8 Å². The Bertz CT molecular complexity index is 578. The van der Waals surface area contributed by atoms with Crippen LogP contribution >= 0.6 is 0 Å². The van der Waals surface area contributed by atoms with E-state index in [-0.39, 0.29) is 12.3 Å². The summed E-state index contributed by atoms with van der Waals surface area (Å²) in [5.41, 5.74) is 3.00. The summed E-state index contributed by atoms with van der Waals surface area (Å²) in [5.74, 6) is -0.554. The third-order valence-corrected chi connectivity index (χ3v) is 3.14. The third kappa shape index (κ3) is 2.87. The van der Waals surface area contributed by atoms with Crippen LogP contribution in [0, 0.1) is 13.8 Å². The van der Waals surface area contributed by atoms with Crippen molar-refractivity contribution in [1.29, 1.82) is 0 Å². The average Bonchev–Trinajstić information content (AvgIpc) is 2.42. The molecule has 1 aromatic rings. The summed E-state index contributed by atoms with van der Waals surface area (Å²) in [7, 11) is 0. The molecule has 0 unspecified atom stereocenters. The summed E-state index contributed by atoms with van der Waals surface area (Å²) in [6, 6.07) is 5.81. The molecule has 5 heteroatoms. The quantitative estimate of drug-likeness (QED) is 0.795. The lowest BCUT2D eigenvalue weighted by molar-refractivity contribution is -0.135. The van der Waals surface area contributed by atoms with Crippen molar-refractivity contribution in [3.8, 4) is 0 Å². The number of hydrogen-bond acceptors (Lipinski definition) is 4. The number of hydrogen-bond donors (Lipinski definition) is 0. The highest BCUT2D eigenvalue weighted by atomic mass is 16.5. The SMILES string of the molecule is CCOC(=O)C1=NN(c2cc(C)ccc2C)C(=O)CC1. The summed E-state index contributed by atoms with van der Waals surface area (Å²) in [4.78, 5) is 23.8. The summed E-state index contributed by atoms with van der Waals surface area (Å²) < 4.78 is 4.95. The number of aryl methyl sites for hydroxylation is 2. The fraction of sp³-hybridized carbons (Fsp3) is 0.400. The van der Waals surface area contributed by atoms with Gasteiger partial charge in [0.25, 0.3) is 0 Å². The first kappa shape index (κ1) is 14.2. The van der Waals surface area contributed by atoms with E-state index in [1.165, 1.54) is 5.01 Å². The maximum Gasteiger partial charge on any atom is 0.354 e. The Morgan fingerprint density at radius 1 is 1.35 bits per heavy atom. The molecule has 0 atom stereocenters. The van der Waals surface area contributed by atoms with Crippen LogP contribution in [0.25, 0.3) is 0 Å². The van der Waals surface area contributed by atoms with Crippen LogP contribution in [-0.4, -0.2) is 24.2 Å². The molecule has 1 aliphatic rings. The molecule has 1 aliphatic heterocycles. The summed E-state index contributed by atoms with van der Waals surface area (Å²) >= 11 is 0. The smallest absolute Gasteiger partial charge is 0.354 e. The zero-order valence-electron chi connectivity index (χ0n) is 12.0. The summed E-state index contributed by atoms with van der Waals surface area (Å²) in [5, 5.41) is 5.50. The molecule has 20 heavy (non-hydrogen) atoms. The highest BCUT2D eigenvalue weighted by Crippen LogP contribution is 2.25. The van der Waals surface area contributed by atoms with Gasteiger partial charge in [0.2, 0.25) is 5.91 Å². The van der Waals surface area contributed by atoms with Gasteiger partial charge in [0.05, 0.1) is 12.3 Å². The van der Waals surface area contributed by atoms with Gasteiger partial charge in [-0.1, -0.05) is 12.1 Å². The van der Waals surface area contributed by atoms with Crippen molar-refractivity contribution >= 4 is 23.3 Å². The number of esters is 1. The van der Waals surface area contributed by atoms with Crippen LogP contribution in [0.2, 0.25) is 0 Å². The lowest BCUT2D eigenvalue weighted by Gasteiger charge is -2.24. The van der Waals surface area contributed by atoms with E-state index in [0.29, 0.717) is 18.7 Å². The molecule has 1 aromatic carbocycles. The van der Waals surface area contributed by atoms with Crippen LogP contribution in [0.3, 0.4) is 0 Å². The van der Waals surface area contributed by atoms with Crippen molar-refractivity contribution in [2.24, 2.45) is 5.10 Å². The lowest BCUT2D eigenvalue weighted by Crippen LogP contribution is -2.35. The second-order valence-corrected chi connectivity index (χ2v) is 4.76. The second-order valence-electron chi connectivity index (χ2n) is 4.76. The fourth-order valence-electron chi connectivity index (χ4n) is 2.05. The molecule has 0 saturated heterocycles. The molecule has 5 nitrogen and oxygen atoms in total. The van der Waals surface area contributed by atoms with Crippen LogP contribution in [0.5, 0.6) is 0 Å². The molecule has 0 aliphatic carbocycles. The predicted octanol–water partition coefficient (Wildman–Crippen LogP) is 2.35. The zero-order valence-corrected chi connectivity index (χ0v) is 12.0. The molecular weight excluding hydrogens is 256 g/mol. The Balaban J connectivity index is 2.37. The van der Waals surface area contributed by atoms with Crippen LogP contribution in [0.15, 0.2) is 23.3 Å². The van der Waals surface area contributed by atoms with Crippen molar-refractivity contribution in [2.45, 2.75) is 33.6 Å². The standard InChI is InChI=1S/C15H18N2O3/c1-4-20-15(19)12-7-8-14(18)17(16-12)13-9-10(2)5-6-11(13)3/h5-6,9H,4,7-8H2,1-3H3. The molecule has 2 rings (SSSR count). The monoisotopic (exact) mass is 274 g/mol. The number of benzene rings is 1. The molecule has 0 bridgehead atoms. The Labute approximate surface area is 118 Å². The van der Waals surface area contributed by atoms with Gasteiger partial charge < -0.3 is 4.74 Å². The minimum Gasteiger partial charge on any atom is -0.461 e.